The molecule has 0 saturated carbocycles. The highest BCUT2D eigenvalue weighted by Gasteiger charge is 2.35. The molecule has 80 valence electrons. The maximum absolute atomic E-state index is 10.2. The lowest BCUT2D eigenvalue weighted by molar-refractivity contribution is -0.0525. The standard InChI is InChI=1S/C10H23NO2/c1-8(2)10(12,7-11)9(3)5-6-13-4/h8-9,12H,5-7,11H2,1-4H3. The quantitative estimate of drug-likeness (QED) is 0.655. The maximum atomic E-state index is 10.2. The van der Waals surface area contributed by atoms with Gasteiger partial charge >= 0.3 is 0 Å². The molecule has 0 bridgehead atoms. The fourth-order valence-corrected chi connectivity index (χ4v) is 1.55. The molecule has 0 rings (SSSR count). The van der Waals surface area contributed by atoms with Crippen LogP contribution in [-0.2, 0) is 4.74 Å². The molecule has 0 aromatic rings. The predicted octanol–water partition coefficient (Wildman–Crippen LogP) is 1.00. The molecule has 0 aliphatic heterocycles. The highest BCUT2D eigenvalue weighted by Crippen LogP contribution is 2.27. The molecule has 13 heavy (non-hydrogen) atoms. The van der Waals surface area contributed by atoms with Crippen LogP contribution in [0, 0.1) is 11.8 Å². The van der Waals surface area contributed by atoms with E-state index in [0.29, 0.717) is 13.2 Å². The minimum atomic E-state index is -0.751. The van der Waals surface area contributed by atoms with E-state index in [9.17, 15) is 5.11 Å². The average molecular weight is 189 g/mol. The highest BCUT2D eigenvalue weighted by atomic mass is 16.5. The summed E-state index contributed by atoms with van der Waals surface area (Å²) in [6.45, 7) is 7.00. The SMILES string of the molecule is COCCC(C)C(O)(CN)C(C)C. The molecule has 3 nitrogen and oxygen atoms in total. The van der Waals surface area contributed by atoms with Gasteiger partial charge in [0.05, 0.1) is 5.60 Å². The second kappa shape index (κ2) is 5.58. The first-order valence-corrected chi connectivity index (χ1v) is 4.90. The summed E-state index contributed by atoms with van der Waals surface area (Å²) >= 11 is 0. The molecule has 0 aromatic heterocycles. The zero-order chi connectivity index (χ0) is 10.5. The van der Waals surface area contributed by atoms with Gasteiger partial charge in [-0.1, -0.05) is 20.8 Å². The fourth-order valence-electron chi connectivity index (χ4n) is 1.55. The van der Waals surface area contributed by atoms with Crippen molar-refractivity contribution in [2.45, 2.75) is 32.8 Å². The normalized spacial score (nSPS) is 18.7. The van der Waals surface area contributed by atoms with E-state index in [1.807, 2.05) is 20.8 Å². The summed E-state index contributed by atoms with van der Waals surface area (Å²) in [5.74, 6) is 0.363. The summed E-state index contributed by atoms with van der Waals surface area (Å²) in [5.41, 5.74) is 4.84. The zero-order valence-electron chi connectivity index (χ0n) is 9.21. The number of aliphatic hydroxyl groups is 1. The van der Waals surface area contributed by atoms with Gasteiger partial charge in [-0.05, 0) is 18.3 Å². The van der Waals surface area contributed by atoms with Crippen molar-refractivity contribution in [1.29, 1.82) is 0 Å². The first-order chi connectivity index (χ1) is 5.99. The average Bonchev–Trinajstić information content (AvgIpc) is 2.12. The van der Waals surface area contributed by atoms with Gasteiger partial charge in [0.2, 0.25) is 0 Å². The summed E-state index contributed by atoms with van der Waals surface area (Å²) in [4.78, 5) is 0. The third-order valence-electron chi connectivity index (χ3n) is 2.94. The summed E-state index contributed by atoms with van der Waals surface area (Å²) in [6, 6.07) is 0. The molecule has 0 aliphatic carbocycles. The molecular formula is C10H23NO2. The van der Waals surface area contributed by atoms with Crippen LogP contribution in [0.3, 0.4) is 0 Å². The number of ether oxygens (including phenoxy) is 1. The first-order valence-electron chi connectivity index (χ1n) is 4.90. The number of hydrogen-bond acceptors (Lipinski definition) is 3. The molecule has 2 atom stereocenters. The van der Waals surface area contributed by atoms with Gasteiger partial charge in [0.1, 0.15) is 0 Å². The third kappa shape index (κ3) is 3.25. The second-order valence-electron chi connectivity index (χ2n) is 4.03. The van der Waals surface area contributed by atoms with Crippen molar-refractivity contribution >= 4 is 0 Å². The molecule has 0 spiro atoms. The Morgan fingerprint density at radius 3 is 2.23 bits per heavy atom. The Morgan fingerprint density at radius 1 is 1.38 bits per heavy atom. The predicted molar refractivity (Wildman–Crippen MR) is 54.5 cm³/mol. The first kappa shape index (κ1) is 12.9. The Morgan fingerprint density at radius 2 is 1.92 bits per heavy atom. The molecule has 2 unspecified atom stereocenters. The maximum Gasteiger partial charge on any atom is 0.0818 e. The minimum absolute atomic E-state index is 0.178. The largest absolute Gasteiger partial charge is 0.388 e. The van der Waals surface area contributed by atoms with E-state index in [1.54, 1.807) is 7.11 Å². The van der Waals surface area contributed by atoms with Crippen LogP contribution in [0.15, 0.2) is 0 Å². The highest BCUT2D eigenvalue weighted by molar-refractivity contribution is 4.87. The Labute approximate surface area is 81.3 Å². The topological polar surface area (TPSA) is 55.5 Å². The molecular weight excluding hydrogens is 166 g/mol. The van der Waals surface area contributed by atoms with Gasteiger partial charge in [-0.15, -0.1) is 0 Å². The number of methoxy groups -OCH3 is 1. The van der Waals surface area contributed by atoms with Crippen LogP contribution < -0.4 is 5.73 Å². The lowest BCUT2D eigenvalue weighted by Gasteiger charge is -2.36. The van der Waals surface area contributed by atoms with Gasteiger partial charge in [0.25, 0.3) is 0 Å². The van der Waals surface area contributed by atoms with Gasteiger partial charge in [-0.3, -0.25) is 0 Å². The van der Waals surface area contributed by atoms with Crippen molar-refractivity contribution in [2.24, 2.45) is 17.6 Å². The van der Waals surface area contributed by atoms with E-state index in [2.05, 4.69) is 0 Å². The molecule has 0 heterocycles. The van der Waals surface area contributed by atoms with Gasteiger partial charge in [-0.25, -0.2) is 0 Å². The molecule has 0 fully saturated rings. The smallest absolute Gasteiger partial charge is 0.0818 e. The molecule has 0 saturated heterocycles. The van der Waals surface area contributed by atoms with E-state index in [0.717, 1.165) is 6.42 Å². The Balaban J connectivity index is 4.20. The summed E-state index contributed by atoms with van der Waals surface area (Å²) < 4.78 is 4.98. The van der Waals surface area contributed by atoms with E-state index in [1.165, 1.54) is 0 Å². The lowest BCUT2D eigenvalue weighted by atomic mass is 9.78. The van der Waals surface area contributed by atoms with E-state index < -0.39 is 5.60 Å². The molecule has 3 N–H and O–H groups in total. The van der Waals surface area contributed by atoms with Gasteiger partial charge in [-0.2, -0.15) is 0 Å². The Kier molecular flexibility index (Phi) is 5.53. The van der Waals surface area contributed by atoms with Crippen LogP contribution in [0.2, 0.25) is 0 Å². The molecule has 0 amide bonds. The van der Waals surface area contributed by atoms with Crippen LogP contribution in [-0.4, -0.2) is 31.0 Å². The van der Waals surface area contributed by atoms with Gasteiger partial charge < -0.3 is 15.6 Å². The second-order valence-corrected chi connectivity index (χ2v) is 4.03. The molecule has 0 radical (unpaired) electrons. The Hall–Kier alpha value is -0.120. The Bertz CT molecular complexity index is 139. The number of rotatable bonds is 6. The van der Waals surface area contributed by atoms with Crippen molar-refractivity contribution in [3.8, 4) is 0 Å². The summed E-state index contributed by atoms with van der Waals surface area (Å²) in [7, 11) is 1.67. The zero-order valence-corrected chi connectivity index (χ0v) is 9.21. The van der Waals surface area contributed by atoms with Crippen molar-refractivity contribution in [3.63, 3.8) is 0 Å². The summed E-state index contributed by atoms with van der Waals surface area (Å²) in [5, 5.41) is 10.2. The summed E-state index contributed by atoms with van der Waals surface area (Å²) in [6.07, 6.45) is 0.850. The third-order valence-corrected chi connectivity index (χ3v) is 2.94. The molecule has 3 heteroatoms. The van der Waals surface area contributed by atoms with Crippen molar-refractivity contribution in [3.05, 3.63) is 0 Å². The fraction of sp³-hybridized carbons (Fsp3) is 1.00. The van der Waals surface area contributed by atoms with E-state index in [-0.39, 0.29) is 11.8 Å². The minimum Gasteiger partial charge on any atom is -0.388 e. The van der Waals surface area contributed by atoms with Crippen molar-refractivity contribution < 1.29 is 9.84 Å². The molecule has 0 aromatic carbocycles. The van der Waals surface area contributed by atoms with E-state index in [4.69, 9.17) is 10.5 Å². The van der Waals surface area contributed by atoms with Crippen LogP contribution in [0.4, 0.5) is 0 Å². The van der Waals surface area contributed by atoms with E-state index >= 15 is 0 Å². The van der Waals surface area contributed by atoms with Gasteiger partial charge in [0, 0.05) is 20.3 Å². The lowest BCUT2D eigenvalue weighted by Crippen LogP contribution is -2.48. The van der Waals surface area contributed by atoms with Crippen LogP contribution >= 0.6 is 0 Å². The van der Waals surface area contributed by atoms with Crippen molar-refractivity contribution in [1.82, 2.24) is 0 Å². The van der Waals surface area contributed by atoms with Crippen molar-refractivity contribution in [2.75, 3.05) is 20.3 Å². The monoisotopic (exact) mass is 189 g/mol. The molecule has 0 aliphatic rings. The van der Waals surface area contributed by atoms with Gasteiger partial charge in [0.15, 0.2) is 0 Å². The van der Waals surface area contributed by atoms with Crippen LogP contribution in [0.25, 0.3) is 0 Å². The number of hydrogen-bond donors (Lipinski definition) is 2. The van der Waals surface area contributed by atoms with Crippen LogP contribution in [0.1, 0.15) is 27.2 Å². The number of nitrogens with two attached hydrogens (primary N) is 1. The van der Waals surface area contributed by atoms with Crippen LogP contribution in [0.5, 0.6) is 0 Å².